The number of esters is 1. The summed E-state index contributed by atoms with van der Waals surface area (Å²) in [7, 11) is 0. The minimum absolute atomic E-state index is 0.0248. The highest BCUT2D eigenvalue weighted by Gasteiger charge is 2.30. The summed E-state index contributed by atoms with van der Waals surface area (Å²) in [6, 6.07) is 16.5. The van der Waals surface area contributed by atoms with E-state index in [1.54, 1.807) is 50.0 Å². The predicted octanol–water partition coefficient (Wildman–Crippen LogP) is 4.91. The second-order valence-corrected chi connectivity index (χ2v) is 10.8. The summed E-state index contributed by atoms with van der Waals surface area (Å²) in [6.45, 7) is 5.40. The molecule has 40 heavy (non-hydrogen) atoms. The first-order chi connectivity index (χ1) is 19.1. The highest BCUT2D eigenvalue weighted by molar-refractivity contribution is 5.87. The van der Waals surface area contributed by atoms with E-state index < -0.39 is 29.7 Å². The SMILES string of the molecule is CC(C)(C)OC(=O)Cn1cc(CC(NC(=O)OCC2c3ccccc3-c3ccccc32)C(=O)O)c2cnccc21. The van der Waals surface area contributed by atoms with E-state index in [2.05, 4.69) is 10.3 Å². The Labute approximate surface area is 231 Å². The van der Waals surface area contributed by atoms with Crippen molar-refractivity contribution < 1.29 is 29.0 Å². The Balaban J connectivity index is 1.29. The van der Waals surface area contributed by atoms with Crippen molar-refractivity contribution >= 4 is 28.9 Å². The topological polar surface area (TPSA) is 120 Å². The van der Waals surface area contributed by atoms with E-state index in [4.69, 9.17) is 9.47 Å². The zero-order chi connectivity index (χ0) is 28.4. The van der Waals surface area contributed by atoms with E-state index in [1.165, 1.54) is 0 Å². The molecular weight excluding hydrogens is 510 g/mol. The second-order valence-electron chi connectivity index (χ2n) is 10.8. The lowest BCUT2D eigenvalue weighted by Gasteiger charge is -2.19. The number of carbonyl (C=O) groups excluding carboxylic acids is 2. The molecule has 2 heterocycles. The molecular formula is C31H31N3O6. The van der Waals surface area contributed by atoms with E-state index >= 15 is 0 Å². The van der Waals surface area contributed by atoms with Crippen LogP contribution in [0, 0.1) is 0 Å². The van der Waals surface area contributed by atoms with Gasteiger partial charge in [-0.2, -0.15) is 0 Å². The van der Waals surface area contributed by atoms with Crippen molar-refractivity contribution in [2.45, 2.75) is 51.3 Å². The van der Waals surface area contributed by atoms with Crippen molar-refractivity contribution in [2.24, 2.45) is 0 Å². The molecule has 0 saturated carbocycles. The quantitative estimate of drug-likeness (QED) is 0.304. The van der Waals surface area contributed by atoms with Crippen molar-refractivity contribution in [3.05, 3.63) is 89.9 Å². The Hall–Kier alpha value is -4.66. The number of benzene rings is 2. The lowest BCUT2D eigenvalue weighted by molar-refractivity contribution is -0.155. The molecule has 0 saturated heterocycles. The molecule has 206 valence electrons. The number of alkyl carbamates (subject to hydrolysis) is 1. The maximum Gasteiger partial charge on any atom is 0.407 e. The third-order valence-electron chi connectivity index (χ3n) is 6.84. The third kappa shape index (κ3) is 5.68. The van der Waals surface area contributed by atoms with Crippen molar-refractivity contribution in [2.75, 3.05) is 6.61 Å². The summed E-state index contributed by atoms with van der Waals surface area (Å²) in [5.74, 6) is -1.76. The van der Waals surface area contributed by atoms with Gasteiger partial charge in [0.2, 0.25) is 0 Å². The number of carbonyl (C=O) groups is 3. The number of nitrogens with one attached hydrogen (secondary N) is 1. The van der Waals surface area contributed by atoms with Crippen LogP contribution in [0.4, 0.5) is 4.79 Å². The van der Waals surface area contributed by atoms with Gasteiger partial charge in [-0.25, -0.2) is 9.59 Å². The third-order valence-corrected chi connectivity index (χ3v) is 6.84. The van der Waals surface area contributed by atoms with E-state index in [9.17, 15) is 19.5 Å². The predicted molar refractivity (Wildman–Crippen MR) is 149 cm³/mol. The Morgan fingerprint density at radius 3 is 2.30 bits per heavy atom. The van der Waals surface area contributed by atoms with Gasteiger partial charge in [0.05, 0.1) is 5.52 Å². The fourth-order valence-electron chi connectivity index (χ4n) is 5.22. The standard InChI is InChI=1S/C31H31N3O6/c1-31(2,3)40-28(35)17-34-16-19(24-15-32-13-12-27(24)34)14-26(29(36)37)33-30(38)39-18-25-22-10-6-4-8-20(22)21-9-5-7-11-23(21)25/h4-13,15-16,25-26H,14,17-18H2,1-3H3,(H,33,38)(H,36,37). The van der Waals surface area contributed by atoms with Gasteiger partial charge in [-0.1, -0.05) is 48.5 Å². The molecule has 0 radical (unpaired) electrons. The number of fused-ring (bicyclic) bond motifs is 4. The molecule has 4 aromatic rings. The van der Waals surface area contributed by atoms with E-state index in [0.717, 1.165) is 22.3 Å². The Morgan fingerprint density at radius 1 is 1.02 bits per heavy atom. The number of aromatic nitrogens is 2. The number of carboxylic acids is 1. The molecule has 0 fully saturated rings. The Morgan fingerprint density at radius 2 is 1.68 bits per heavy atom. The van der Waals surface area contributed by atoms with Crippen LogP contribution in [-0.2, 0) is 32.0 Å². The maximum atomic E-state index is 12.8. The molecule has 1 aliphatic rings. The first-order valence-electron chi connectivity index (χ1n) is 13.1. The van der Waals surface area contributed by atoms with Crippen LogP contribution >= 0.6 is 0 Å². The fraction of sp³-hybridized carbons (Fsp3) is 0.290. The molecule has 1 unspecified atom stereocenters. The van der Waals surface area contributed by atoms with Crippen molar-refractivity contribution in [3.63, 3.8) is 0 Å². The molecule has 2 aromatic heterocycles. The number of hydrogen-bond acceptors (Lipinski definition) is 6. The molecule has 2 N–H and O–H groups in total. The van der Waals surface area contributed by atoms with Crippen molar-refractivity contribution in [1.82, 2.24) is 14.9 Å². The summed E-state index contributed by atoms with van der Waals surface area (Å²) in [5, 5.41) is 13.1. The van der Waals surface area contributed by atoms with Crippen LogP contribution in [0.2, 0.25) is 0 Å². The van der Waals surface area contributed by atoms with Gasteiger partial charge in [-0.15, -0.1) is 0 Å². The van der Waals surface area contributed by atoms with E-state index in [-0.39, 0.29) is 25.5 Å². The number of rotatable bonds is 8. The van der Waals surface area contributed by atoms with Crippen LogP contribution in [0.15, 0.2) is 73.2 Å². The molecule has 1 amide bonds. The molecule has 0 aliphatic heterocycles. The Bertz CT molecular complexity index is 1540. The monoisotopic (exact) mass is 541 g/mol. The van der Waals surface area contributed by atoms with Crippen LogP contribution in [0.5, 0.6) is 0 Å². The number of carboxylic acid groups (broad SMARTS) is 1. The van der Waals surface area contributed by atoms with E-state index in [1.807, 2.05) is 48.5 Å². The van der Waals surface area contributed by atoms with E-state index in [0.29, 0.717) is 16.5 Å². The van der Waals surface area contributed by atoms with Crippen LogP contribution in [0.3, 0.4) is 0 Å². The molecule has 9 nitrogen and oxygen atoms in total. The number of pyridine rings is 1. The largest absolute Gasteiger partial charge is 0.480 e. The molecule has 1 atom stereocenters. The van der Waals surface area contributed by atoms with Gasteiger partial charge in [0, 0.05) is 36.3 Å². The molecule has 0 bridgehead atoms. The van der Waals surface area contributed by atoms with Gasteiger partial charge in [-0.3, -0.25) is 9.78 Å². The molecule has 0 spiro atoms. The number of nitrogens with zero attached hydrogens (tertiary/aromatic N) is 2. The summed E-state index contributed by atoms with van der Waals surface area (Å²) >= 11 is 0. The number of amides is 1. The van der Waals surface area contributed by atoms with Gasteiger partial charge in [0.1, 0.15) is 24.8 Å². The van der Waals surface area contributed by atoms with Gasteiger partial charge in [-0.05, 0) is 54.7 Å². The first kappa shape index (κ1) is 26.9. The summed E-state index contributed by atoms with van der Waals surface area (Å²) in [5.41, 5.74) is 5.04. The lowest BCUT2D eigenvalue weighted by Crippen LogP contribution is -2.42. The number of hydrogen-bond donors (Lipinski definition) is 2. The first-order valence-corrected chi connectivity index (χ1v) is 13.1. The summed E-state index contributed by atoms with van der Waals surface area (Å²) < 4.78 is 12.7. The fourth-order valence-corrected chi connectivity index (χ4v) is 5.22. The minimum Gasteiger partial charge on any atom is -0.480 e. The normalized spacial score (nSPS) is 13.4. The lowest BCUT2D eigenvalue weighted by atomic mass is 9.98. The zero-order valence-corrected chi connectivity index (χ0v) is 22.6. The molecule has 9 heteroatoms. The highest BCUT2D eigenvalue weighted by Crippen LogP contribution is 2.44. The van der Waals surface area contributed by atoms with Crippen LogP contribution < -0.4 is 5.32 Å². The van der Waals surface area contributed by atoms with Gasteiger partial charge < -0.3 is 24.5 Å². The highest BCUT2D eigenvalue weighted by atomic mass is 16.6. The van der Waals surface area contributed by atoms with Crippen LogP contribution in [-0.4, -0.2) is 50.9 Å². The average Bonchev–Trinajstić information content (AvgIpc) is 3.41. The van der Waals surface area contributed by atoms with Crippen molar-refractivity contribution in [1.29, 1.82) is 0 Å². The molecule has 1 aliphatic carbocycles. The summed E-state index contributed by atoms with van der Waals surface area (Å²) in [4.78, 5) is 41.6. The average molecular weight is 542 g/mol. The number of ether oxygens (including phenoxy) is 2. The van der Waals surface area contributed by atoms with Crippen LogP contribution in [0.25, 0.3) is 22.0 Å². The molecule has 2 aromatic carbocycles. The van der Waals surface area contributed by atoms with Crippen LogP contribution in [0.1, 0.15) is 43.4 Å². The second kappa shape index (κ2) is 10.8. The van der Waals surface area contributed by atoms with Gasteiger partial charge in [0.15, 0.2) is 0 Å². The molecule has 5 rings (SSSR count). The van der Waals surface area contributed by atoms with Gasteiger partial charge in [0.25, 0.3) is 0 Å². The zero-order valence-electron chi connectivity index (χ0n) is 22.6. The maximum absolute atomic E-state index is 12.8. The van der Waals surface area contributed by atoms with Crippen molar-refractivity contribution in [3.8, 4) is 11.1 Å². The van der Waals surface area contributed by atoms with Gasteiger partial charge >= 0.3 is 18.0 Å². The smallest absolute Gasteiger partial charge is 0.407 e. The number of aliphatic carboxylic acids is 1. The summed E-state index contributed by atoms with van der Waals surface area (Å²) in [6.07, 6.45) is 4.07. The minimum atomic E-state index is -1.25. The Kier molecular flexibility index (Phi) is 7.30.